The Morgan fingerprint density at radius 1 is 0.0926 bits per heavy atom. The van der Waals surface area contributed by atoms with Gasteiger partial charge in [-0.3, -0.25) is 0 Å². The van der Waals surface area contributed by atoms with E-state index in [0.29, 0.717) is 17.5 Å². The minimum absolute atomic E-state index is 0.579. The molecule has 0 aliphatic heterocycles. The van der Waals surface area contributed by atoms with Gasteiger partial charge in [0.1, 0.15) is 0 Å². The van der Waals surface area contributed by atoms with E-state index in [1.807, 2.05) is 0 Å². The third kappa shape index (κ3) is 13.0. The molecule has 0 saturated carbocycles. The zero-order valence-corrected chi connectivity index (χ0v) is 59.2. The molecule has 0 atom stereocenters. The minimum atomic E-state index is 0.579. The van der Waals surface area contributed by atoms with Crippen LogP contribution in [0.3, 0.4) is 0 Å². The minimum Gasteiger partial charge on any atom is -0.208 e. The van der Waals surface area contributed by atoms with Crippen LogP contribution in [0.15, 0.2) is 419 Å². The van der Waals surface area contributed by atoms with Gasteiger partial charge >= 0.3 is 0 Å². The quantitative estimate of drug-likeness (QED) is 0.0960. The summed E-state index contributed by atoms with van der Waals surface area (Å²) < 4.78 is 0. The predicted molar refractivity (Wildman–Crippen MR) is 454 cm³/mol. The SMILES string of the molecule is c1ccc(-c2cccc(-c3cc(-c4cccc(-c5ccccc5)c4)cc(-c4cccc(-c5ccc6c7ccccc7c7cc(-c8nc(-c9cccc(-c%10cc(-c%11ccccc%11)cc(-c%11ccccc%11)c%10)c9)nc(-c9cccc(-c%10cc(-c%11ccccc%11)cc(-c%11ccccc%11)c%10)c9)n8)ccc7c6c5)c4)c3)c2)cc1. The Kier molecular flexibility index (Phi) is 17.0. The molecule has 1 aromatic heterocycles. The summed E-state index contributed by atoms with van der Waals surface area (Å²) in [4.78, 5) is 16.5. The van der Waals surface area contributed by atoms with Gasteiger partial charge in [-0.05, 0) is 263 Å². The second-order valence-corrected chi connectivity index (χ2v) is 27.9. The van der Waals surface area contributed by atoms with Crippen LogP contribution in [0.2, 0.25) is 0 Å². The third-order valence-corrected chi connectivity index (χ3v) is 21.0. The van der Waals surface area contributed by atoms with Crippen molar-refractivity contribution in [3.8, 4) is 168 Å². The number of rotatable bonds is 15. The van der Waals surface area contributed by atoms with Gasteiger partial charge in [0, 0.05) is 16.7 Å². The van der Waals surface area contributed by atoms with Crippen LogP contribution in [0, 0.1) is 0 Å². The first-order valence-corrected chi connectivity index (χ1v) is 36.9. The molecule has 0 unspecified atom stereocenters. The number of hydrogen-bond donors (Lipinski definition) is 0. The van der Waals surface area contributed by atoms with Gasteiger partial charge < -0.3 is 0 Å². The fourth-order valence-electron chi connectivity index (χ4n) is 15.5. The predicted octanol–water partition coefficient (Wildman–Crippen LogP) is 28.3. The van der Waals surface area contributed by atoms with Crippen LogP contribution >= 0.6 is 0 Å². The summed E-state index contributed by atoms with van der Waals surface area (Å²) in [7, 11) is 0. The maximum Gasteiger partial charge on any atom is 0.164 e. The summed E-state index contributed by atoms with van der Waals surface area (Å²) in [6.45, 7) is 0. The second-order valence-electron chi connectivity index (χ2n) is 27.9. The van der Waals surface area contributed by atoms with Crippen molar-refractivity contribution in [1.29, 1.82) is 0 Å². The fourth-order valence-corrected chi connectivity index (χ4v) is 15.5. The van der Waals surface area contributed by atoms with Crippen molar-refractivity contribution < 1.29 is 0 Å². The molecule has 0 radical (unpaired) electrons. The Morgan fingerprint density at radius 3 is 0.556 bits per heavy atom. The number of aromatic nitrogens is 3. The Morgan fingerprint density at radius 2 is 0.250 bits per heavy atom. The maximum absolute atomic E-state index is 5.53. The molecule has 19 rings (SSSR count). The summed E-state index contributed by atoms with van der Waals surface area (Å²) in [6, 6.07) is 152. The molecular formula is C105H69N3. The van der Waals surface area contributed by atoms with E-state index in [-0.39, 0.29) is 0 Å². The largest absolute Gasteiger partial charge is 0.208 e. The lowest BCUT2D eigenvalue weighted by Crippen LogP contribution is -2.00. The highest BCUT2D eigenvalue weighted by atomic mass is 15.0. The van der Waals surface area contributed by atoms with E-state index in [4.69, 9.17) is 15.0 Å². The van der Waals surface area contributed by atoms with Crippen molar-refractivity contribution in [3.63, 3.8) is 0 Å². The van der Waals surface area contributed by atoms with Gasteiger partial charge in [-0.15, -0.1) is 0 Å². The molecule has 0 bridgehead atoms. The van der Waals surface area contributed by atoms with E-state index < -0.39 is 0 Å². The van der Waals surface area contributed by atoms with E-state index in [9.17, 15) is 0 Å². The normalized spacial score (nSPS) is 11.3. The molecule has 18 aromatic carbocycles. The van der Waals surface area contributed by atoms with E-state index in [1.165, 1.54) is 38.4 Å². The molecule has 0 fully saturated rings. The molecule has 19 aromatic rings. The Hall–Kier alpha value is -14.3. The molecule has 108 heavy (non-hydrogen) atoms. The monoisotopic (exact) mass is 1370 g/mol. The Balaban J connectivity index is 0.741. The van der Waals surface area contributed by atoms with E-state index in [2.05, 4.69) is 419 Å². The summed E-state index contributed by atoms with van der Waals surface area (Å²) in [5.41, 5.74) is 30.1. The highest BCUT2D eigenvalue weighted by Crippen LogP contribution is 2.44. The molecule has 3 nitrogen and oxygen atoms in total. The van der Waals surface area contributed by atoms with Crippen LogP contribution in [-0.2, 0) is 0 Å². The lowest BCUT2D eigenvalue weighted by molar-refractivity contribution is 1.07. The lowest BCUT2D eigenvalue weighted by atomic mass is 9.89. The molecule has 0 amide bonds. The third-order valence-electron chi connectivity index (χ3n) is 21.0. The molecule has 0 N–H and O–H groups in total. The molecule has 0 aliphatic carbocycles. The first kappa shape index (κ1) is 64.6. The first-order valence-electron chi connectivity index (χ1n) is 36.9. The van der Waals surface area contributed by atoms with Crippen LogP contribution in [-0.4, -0.2) is 15.0 Å². The average molecular weight is 1370 g/mol. The van der Waals surface area contributed by atoms with Gasteiger partial charge in [-0.1, -0.05) is 322 Å². The van der Waals surface area contributed by atoms with Crippen molar-refractivity contribution >= 4 is 32.3 Å². The number of hydrogen-bond acceptors (Lipinski definition) is 3. The molecule has 1 heterocycles. The van der Waals surface area contributed by atoms with Crippen LogP contribution in [0.25, 0.3) is 200 Å². The average Bonchev–Trinajstić information content (AvgIpc) is 0.736. The second kappa shape index (κ2) is 28.4. The Labute approximate surface area is 629 Å². The van der Waals surface area contributed by atoms with Crippen LogP contribution < -0.4 is 0 Å². The molecule has 0 saturated heterocycles. The molecule has 0 spiro atoms. The van der Waals surface area contributed by atoms with Gasteiger partial charge in [-0.2, -0.15) is 0 Å². The molecular weight excluding hydrogens is 1300 g/mol. The van der Waals surface area contributed by atoms with Gasteiger partial charge in [-0.25, -0.2) is 15.0 Å². The van der Waals surface area contributed by atoms with Crippen LogP contribution in [0.1, 0.15) is 0 Å². The maximum atomic E-state index is 5.53. The topological polar surface area (TPSA) is 38.7 Å². The number of benzene rings is 18. The lowest BCUT2D eigenvalue weighted by Gasteiger charge is -2.15. The first-order chi connectivity index (χ1) is 53.4. The van der Waals surface area contributed by atoms with Gasteiger partial charge in [0.05, 0.1) is 0 Å². The molecule has 0 aliphatic rings. The highest BCUT2D eigenvalue weighted by Gasteiger charge is 2.20. The smallest absolute Gasteiger partial charge is 0.164 e. The van der Waals surface area contributed by atoms with Crippen LogP contribution in [0.5, 0.6) is 0 Å². The zero-order chi connectivity index (χ0) is 71.7. The standard InChI is InChI=1S/C105H69N3/c1-7-26-70(27-8-1)76-38-21-41-79(54-76)94-65-95(80-42-22-39-77(55-80)71-28-9-2-10-29-71)67-96(66-94)81-43-23-40-78(56-81)84-50-52-99-97-48-19-20-49-98(97)102-69-87(51-53-100(102)101(99)68-84)105-107-103(85-46-24-44-82(57-85)92-61-88(72-30-11-3-12-31-72)59-89(62-92)73-32-13-4-14-33-73)106-104(108-105)86-47-25-45-83(58-86)93-63-90(74-34-15-5-16-35-74)60-91(64-93)75-36-17-6-18-37-75/h1-69H. The van der Waals surface area contributed by atoms with Gasteiger partial charge in [0.15, 0.2) is 17.5 Å². The molecule has 504 valence electrons. The highest BCUT2D eigenvalue weighted by molar-refractivity contribution is 6.26. The van der Waals surface area contributed by atoms with Crippen molar-refractivity contribution in [3.05, 3.63) is 419 Å². The van der Waals surface area contributed by atoms with Gasteiger partial charge in [0.2, 0.25) is 0 Å². The molecule has 3 heteroatoms. The van der Waals surface area contributed by atoms with E-state index >= 15 is 0 Å². The van der Waals surface area contributed by atoms with Gasteiger partial charge in [0.25, 0.3) is 0 Å². The van der Waals surface area contributed by atoms with E-state index in [1.54, 1.807) is 0 Å². The number of nitrogens with zero attached hydrogens (tertiary/aromatic N) is 3. The Bertz CT molecular complexity index is 6170. The van der Waals surface area contributed by atoms with Crippen molar-refractivity contribution in [2.75, 3.05) is 0 Å². The zero-order valence-electron chi connectivity index (χ0n) is 59.2. The number of fused-ring (bicyclic) bond motifs is 6. The van der Waals surface area contributed by atoms with Crippen molar-refractivity contribution in [1.82, 2.24) is 15.0 Å². The van der Waals surface area contributed by atoms with Crippen LogP contribution in [0.4, 0.5) is 0 Å². The van der Waals surface area contributed by atoms with E-state index in [0.717, 1.165) is 144 Å². The van der Waals surface area contributed by atoms with Crippen molar-refractivity contribution in [2.24, 2.45) is 0 Å². The summed E-state index contributed by atoms with van der Waals surface area (Å²) in [5, 5.41) is 6.96. The summed E-state index contributed by atoms with van der Waals surface area (Å²) >= 11 is 0. The van der Waals surface area contributed by atoms with Crippen molar-refractivity contribution in [2.45, 2.75) is 0 Å². The summed E-state index contributed by atoms with van der Waals surface area (Å²) in [6.07, 6.45) is 0. The summed E-state index contributed by atoms with van der Waals surface area (Å²) in [5.74, 6) is 1.74. The fraction of sp³-hybridized carbons (Fsp3) is 0.